The molecular weight excluding hydrogens is 288 g/mol. The minimum Gasteiger partial charge on any atom is -0.356 e. The van der Waals surface area contributed by atoms with Gasteiger partial charge in [0.2, 0.25) is 0 Å². The third-order valence-corrected chi connectivity index (χ3v) is 2.75. The van der Waals surface area contributed by atoms with Crippen LogP contribution in [0.4, 0.5) is 0 Å². The lowest BCUT2D eigenvalue weighted by Crippen LogP contribution is -2.15. The minimum atomic E-state index is -1.07. The third-order valence-electron chi connectivity index (χ3n) is 2.75. The highest BCUT2D eigenvalue weighted by Crippen LogP contribution is 2.27. The van der Waals surface area contributed by atoms with Crippen molar-refractivity contribution in [3.8, 4) is 60.5 Å². The zero-order chi connectivity index (χ0) is 17.2. The van der Waals surface area contributed by atoms with Crippen LogP contribution in [0.2, 0.25) is 0 Å². The van der Waals surface area contributed by atoms with Crippen molar-refractivity contribution in [3.05, 3.63) is 0 Å². The van der Waals surface area contributed by atoms with Crippen molar-refractivity contribution in [1.29, 1.82) is 10.5 Å². The Morgan fingerprint density at radius 2 is 1.13 bits per heavy atom. The Morgan fingerprint density at radius 3 is 1.48 bits per heavy atom. The average Bonchev–Trinajstić information content (AvgIpc) is 2.58. The molecule has 0 aliphatic heterocycles. The average molecular weight is 306 g/mol. The molecule has 0 saturated heterocycles. The molecule has 0 rings (SSSR count). The molecule has 0 unspecified atom stereocenters. The first-order valence-corrected chi connectivity index (χ1v) is 7.01. The molecule has 0 aromatic carbocycles. The van der Waals surface area contributed by atoms with Crippen molar-refractivity contribution in [2.24, 2.45) is 5.41 Å². The number of hydrogen-bond donors (Lipinski definition) is 0. The SMILES string of the molecule is C#CCOCC#CCCC(C#N)(C#N)CCC#CCOCC#C. The van der Waals surface area contributed by atoms with Crippen molar-refractivity contribution in [1.82, 2.24) is 0 Å². The first-order valence-electron chi connectivity index (χ1n) is 7.01. The monoisotopic (exact) mass is 306 g/mol. The van der Waals surface area contributed by atoms with Crippen molar-refractivity contribution in [2.75, 3.05) is 26.4 Å². The van der Waals surface area contributed by atoms with Crippen LogP contribution in [0.5, 0.6) is 0 Å². The van der Waals surface area contributed by atoms with E-state index >= 15 is 0 Å². The summed E-state index contributed by atoms with van der Waals surface area (Å²) in [6.07, 6.45) is 11.7. The summed E-state index contributed by atoms with van der Waals surface area (Å²) >= 11 is 0. The molecule has 0 spiro atoms. The Bertz CT molecular complexity index is 572. The fourth-order valence-corrected chi connectivity index (χ4v) is 1.53. The van der Waals surface area contributed by atoms with Gasteiger partial charge in [-0.15, -0.1) is 24.7 Å². The molecule has 0 aromatic heterocycles. The van der Waals surface area contributed by atoms with Gasteiger partial charge in [0.25, 0.3) is 0 Å². The first kappa shape index (κ1) is 20.1. The highest BCUT2D eigenvalue weighted by atomic mass is 16.5. The van der Waals surface area contributed by atoms with Crippen LogP contribution in [0.15, 0.2) is 0 Å². The van der Waals surface area contributed by atoms with Crippen LogP contribution in [0.1, 0.15) is 25.7 Å². The number of nitriles is 2. The van der Waals surface area contributed by atoms with Gasteiger partial charge in [-0.2, -0.15) is 10.5 Å². The van der Waals surface area contributed by atoms with Gasteiger partial charge in [0.05, 0.1) is 12.1 Å². The van der Waals surface area contributed by atoms with Gasteiger partial charge in [-0.05, 0) is 12.8 Å². The van der Waals surface area contributed by atoms with Crippen LogP contribution in [0.3, 0.4) is 0 Å². The van der Waals surface area contributed by atoms with Gasteiger partial charge in [0.15, 0.2) is 0 Å². The largest absolute Gasteiger partial charge is 0.356 e. The Morgan fingerprint density at radius 1 is 0.696 bits per heavy atom. The highest BCUT2D eigenvalue weighted by molar-refractivity contribution is 5.16. The first-order chi connectivity index (χ1) is 11.2. The Balaban J connectivity index is 4.22. The lowest BCUT2D eigenvalue weighted by molar-refractivity contribution is 0.204. The molecule has 116 valence electrons. The molecule has 4 nitrogen and oxygen atoms in total. The lowest BCUT2D eigenvalue weighted by atomic mass is 9.82. The molecule has 0 fully saturated rings. The Labute approximate surface area is 138 Å². The van der Waals surface area contributed by atoms with Crippen LogP contribution in [-0.2, 0) is 9.47 Å². The standard InChI is InChI=1S/C19H18N2O2/c1-3-13-22-15-9-5-7-11-19(17-20,18-21)12-8-6-10-16-23-14-4-2/h1-2H,7-8,11-16H2. The summed E-state index contributed by atoms with van der Waals surface area (Å²) in [6, 6.07) is 4.15. The maximum atomic E-state index is 9.26. The van der Waals surface area contributed by atoms with Crippen molar-refractivity contribution < 1.29 is 9.47 Å². The van der Waals surface area contributed by atoms with E-state index in [2.05, 4.69) is 47.7 Å². The second-order valence-electron chi connectivity index (χ2n) is 4.41. The summed E-state index contributed by atoms with van der Waals surface area (Å²) in [7, 11) is 0. The number of ether oxygens (including phenoxy) is 2. The number of nitrogens with zero attached hydrogens (tertiary/aromatic N) is 2. The van der Waals surface area contributed by atoms with Gasteiger partial charge in [0, 0.05) is 12.8 Å². The summed E-state index contributed by atoms with van der Waals surface area (Å²) < 4.78 is 10.0. The van der Waals surface area contributed by atoms with Crippen molar-refractivity contribution >= 4 is 0 Å². The van der Waals surface area contributed by atoms with E-state index in [-0.39, 0.29) is 26.4 Å². The fraction of sp³-hybridized carbons (Fsp3) is 0.474. The van der Waals surface area contributed by atoms with E-state index in [1.54, 1.807) is 0 Å². The maximum absolute atomic E-state index is 9.26. The Hall–Kier alpha value is -2.86. The molecule has 0 aliphatic rings. The van der Waals surface area contributed by atoms with E-state index in [0.717, 1.165) is 0 Å². The highest BCUT2D eigenvalue weighted by Gasteiger charge is 2.28. The molecule has 0 radical (unpaired) electrons. The molecular formula is C19H18N2O2. The molecule has 0 N–H and O–H groups in total. The normalized spacial score (nSPS) is 8.87. The fourth-order valence-electron chi connectivity index (χ4n) is 1.53. The van der Waals surface area contributed by atoms with Crippen LogP contribution in [-0.4, -0.2) is 26.4 Å². The predicted octanol–water partition coefficient (Wildman–Crippen LogP) is 1.89. The molecule has 0 atom stereocenters. The quantitative estimate of drug-likeness (QED) is 0.507. The topological polar surface area (TPSA) is 66.0 Å². The maximum Gasteiger partial charge on any atom is 0.145 e. The van der Waals surface area contributed by atoms with Crippen LogP contribution in [0.25, 0.3) is 0 Å². The van der Waals surface area contributed by atoms with Crippen molar-refractivity contribution in [2.45, 2.75) is 25.7 Å². The molecule has 0 bridgehead atoms. The van der Waals surface area contributed by atoms with Crippen molar-refractivity contribution in [3.63, 3.8) is 0 Å². The number of rotatable bonds is 8. The van der Waals surface area contributed by atoms with Crippen LogP contribution >= 0.6 is 0 Å². The van der Waals surface area contributed by atoms with Gasteiger partial charge >= 0.3 is 0 Å². The number of terminal acetylenes is 2. The predicted molar refractivity (Wildman–Crippen MR) is 87.0 cm³/mol. The summed E-state index contributed by atoms with van der Waals surface area (Å²) in [6.45, 7) is 0.941. The van der Waals surface area contributed by atoms with E-state index in [9.17, 15) is 10.5 Å². The summed E-state index contributed by atoms with van der Waals surface area (Å²) in [5.74, 6) is 16.0. The molecule has 0 heterocycles. The molecule has 0 saturated carbocycles. The van der Waals surface area contributed by atoms with Gasteiger partial charge < -0.3 is 9.47 Å². The van der Waals surface area contributed by atoms with E-state index in [4.69, 9.17) is 22.3 Å². The molecule has 0 aromatic rings. The Kier molecular flexibility index (Phi) is 12.3. The van der Waals surface area contributed by atoms with E-state index in [0.29, 0.717) is 25.7 Å². The van der Waals surface area contributed by atoms with Gasteiger partial charge in [-0.25, -0.2) is 0 Å². The number of hydrogen-bond acceptors (Lipinski definition) is 4. The van der Waals surface area contributed by atoms with Crippen LogP contribution < -0.4 is 0 Å². The minimum absolute atomic E-state index is 0.221. The third kappa shape index (κ3) is 10.5. The summed E-state index contributed by atoms with van der Waals surface area (Å²) in [4.78, 5) is 0. The van der Waals surface area contributed by atoms with E-state index in [1.165, 1.54) is 0 Å². The van der Waals surface area contributed by atoms with E-state index in [1.807, 2.05) is 0 Å². The van der Waals surface area contributed by atoms with Crippen LogP contribution in [0, 0.1) is 76.4 Å². The smallest absolute Gasteiger partial charge is 0.145 e. The molecule has 4 heteroatoms. The lowest BCUT2D eigenvalue weighted by Gasteiger charge is -2.15. The molecule has 0 amide bonds. The van der Waals surface area contributed by atoms with Gasteiger partial charge in [-0.1, -0.05) is 23.7 Å². The summed E-state index contributed by atoms with van der Waals surface area (Å²) in [5, 5.41) is 18.5. The zero-order valence-corrected chi connectivity index (χ0v) is 13.0. The van der Waals surface area contributed by atoms with Gasteiger partial charge in [-0.3, -0.25) is 0 Å². The molecule has 23 heavy (non-hydrogen) atoms. The van der Waals surface area contributed by atoms with Gasteiger partial charge in [0.1, 0.15) is 31.8 Å². The van der Waals surface area contributed by atoms with E-state index < -0.39 is 5.41 Å². The molecule has 0 aliphatic carbocycles. The summed E-state index contributed by atoms with van der Waals surface area (Å²) in [5.41, 5.74) is -1.07. The second-order valence-corrected chi connectivity index (χ2v) is 4.41. The zero-order valence-electron chi connectivity index (χ0n) is 13.0. The second kappa shape index (κ2) is 14.1.